The summed E-state index contributed by atoms with van der Waals surface area (Å²) in [7, 11) is -3.65. The number of aryl methyl sites for hydroxylation is 1. The molecule has 0 bridgehead atoms. The van der Waals surface area contributed by atoms with Crippen molar-refractivity contribution < 1.29 is 17.9 Å². The van der Waals surface area contributed by atoms with Crippen molar-refractivity contribution in [1.82, 2.24) is 4.31 Å². The molecule has 0 aliphatic carbocycles. The molecule has 1 heterocycles. The van der Waals surface area contributed by atoms with E-state index in [1.807, 2.05) is 0 Å². The number of carbonyl (C=O) groups excluding carboxylic acids is 1. The molecule has 2 aromatic rings. The minimum absolute atomic E-state index is 0.0155. The molecule has 1 N–H and O–H groups in total. The summed E-state index contributed by atoms with van der Waals surface area (Å²) in [6, 6.07) is 9.72. The second-order valence-electron chi connectivity index (χ2n) is 6.42. The molecular weight excluding hydrogens is 423 g/mol. The molecule has 0 aromatic heterocycles. The molecule has 1 aliphatic heterocycles. The van der Waals surface area contributed by atoms with Crippen LogP contribution in [-0.2, 0) is 26.0 Å². The highest BCUT2D eigenvalue weighted by Crippen LogP contribution is 2.27. The zero-order valence-electron chi connectivity index (χ0n) is 15.2. The Labute approximate surface area is 174 Å². The van der Waals surface area contributed by atoms with Gasteiger partial charge in [0.1, 0.15) is 0 Å². The van der Waals surface area contributed by atoms with Gasteiger partial charge in [-0.05, 0) is 42.3 Å². The second kappa shape index (κ2) is 8.80. The van der Waals surface area contributed by atoms with E-state index in [0.29, 0.717) is 47.6 Å². The molecule has 0 radical (unpaired) electrons. The van der Waals surface area contributed by atoms with Crippen molar-refractivity contribution >= 4 is 44.8 Å². The first-order valence-corrected chi connectivity index (χ1v) is 10.9. The Morgan fingerprint density at radius 3 is 2.43 bits per heavy atom. The van der Waals surface area contributed by atoms with E-state index in [9.17, 15) is 13.2 Å². The molecule has 1 fully saturated rings. The third kappa shape index (κ3) is 4.67. The largest absolute Gasteiger partial charge is 0.379 e. The van der Waals surface area contributed by atoms with Gasteiger partial charge in [0.05, 0.1) is 24.5 Å². The van der Waals surface area contributed by atoms with Gasteiger partial charge in [-0.1, -0.05) is 35.3 Å². The molecule has 1 aliphatic rings. The lowest BCUT2D eigenvalue weighted by atomic mass is 10.1. The molecule has 6 nitrogen and oxygen atoms in total. The number of amides is 1. The summed E-state index contributed by atoms with van der Waals surface area (Å²) in [4.78, 5) is 12.6. The fourth-order valence-electron chi connectivity index (χ4n) is 2.89. The number of halogens is 2. The van der Waals surface area contributed by atoms with Gasteiger partial charge in [-0.3, -0.25) is 4.79 Å². The van der Waals surface area contributed by atoms with Crippen LogP contribution in [0.3, 0.4) is 0 Å². The average Bonchev–Trinajstić information content (AvgIpc) is 2.67. The Hall–Kier alpha value is -1.64. The SMILES string of the molecule is Cc1ccc(S(=O)(=O)N2CCOCC2)cc1NC(=O)Cc1c(Cl)cccc1Cl. The van der Waals surface area contributed by atoms with Crippen LogP contribution < -0.4 is 5.32 Å². The predicted octanol–water partition coefficient (Wildman–Crippen LogP) is 3.50. The Bertz CT molecular complexity index is 969. The van der Waals surface area contributed by atoms with E-state index in [1.54, 1.807) is 37.3 Å². The third-order valence-electron chi connectivity index (χ3n) is 4.49. The molecule has 1 amide bonds. The Balaban J connectivity index is 1.81. The van der Waals surface area contributed by atoms with Crippen molar-refractivity contribution in [2.45, 2.75) is 18.2 Å². The molecule has 0 atom stereocenters. The van der Waals surface area contributed by atoms with E-state index in [1.165, 1.54) is 10.4 Å². The maximum absolute atomic E-state index is 12.8. The number of hydrogen-bond acceptors (Lipinski definition) is 4. The summed E-state index contributed by atoms with van der Waals surface area (Å²) in [5, 5.41) is 3.58. The van der Waals surface area contributed by atoms with E-state index in [4.69, 9.17) is 27.9 Å². The molecule has 28 heavy (non-hydrogen) atoms. The van der Waals surface area contributed by atoms with Crippen molar-refractivity contribution in [3.63, 3.8) is 0 Å². The van der Waals surface area contributed by atoms with Gasteiger partial charge in [-0.25, -0.2) is 8.42 Å². The van der Waals surface area contributed by atoms with Crippen LogP contribution in [0.2, 0.25) is 10.0 Å². The first-order chi connectivity index (χ1) is 13.3. The number of hydrogen-bond donors (Lipinski definition) is 1. The van der Waals surface area contributed by atoms with Gasteiger partial charge in [0, 0.05) is 28.8 Å². The summed E-state index contributed by atoms with van der Waals surface area (Å²) in [6.07, 6.45) is -0.0155. The van der Waals surface area contributed by atoms with Crippen molar-refractivity contribution in [2.75, 3.05) is 31.6 Å². The highest BCUT2D eigenvalue weighted by atomic mass is 35.5. The van der Waals surface area contributed by atoms with Gasteiger partial charge in [-0.15, -0.1) is 0 Å². The zero-order chi connectivity index (χ0) is 20.3. The number of nitrogens with zero attached hydrogens (tertiary/aromatic N) is 1. The van der Waals surface area contributed by atoms with Crippen LogP contribution in [0.15, 0.2) is 41.3 Å². The number of rotatable bonds is 5. The van der Waals surface area contributed by atoms with Crippen molar-refractivity contribution in [3.8, 4) is 0 Å². The summed E-state index contributed by atoms with van der Waals surface area (Å²) in [5.41, 5.74) is 1.71. The molecule has 3 rings (SSSR count). The lowest BCUT2D eigenvalue weighted by Gasteiger charge is -2.26. The maximum atomic E-state index is 12.8. The van der Waals surface area contributed by atoms with Crippen LogP contribution in [0.5, 0.6) is 0 Å². The van der Waals surface area contributed by atoms with E-state index in [-0.39, 0.29) is 17.2 Å². The van der Waals surface area contributed by atoms with Crippen LogP contribution >= 0.6 is 23.2 Å². The monoisotopic (exact) mass is 442 g/mol. The average molecular weight is 443 g/mol. The van der Waals surface area contributed by atoms with E-state index in [2.05, 4.69) is 5.32 Å². The maximum Gasteiger partial charge on any atom is 0.243 e. The zero-order valence-corrected chi connectivity index (χ0v) is 17.6. The minimum atomic E-state index is -3.65. The quantitative estimate of drug-likeness (QED) is 0.768. The van der Waals surface area contributed by atoms with Crippen molar-refractivity contribution in [2.24, 2.45) is 0 Å². The third-order valence-corrected chi connectivity index (χ3v) is 7.09. The summed E-state index contributed by atoms with van der Waals surface area (Å²) >= 11 is 12.2. The molecule has 0 spiro atoms. The van der Waals surface area contributed by atoms with E-state index in [0.717, 1.165) is 5.56 Å². The number of ether oxygens (including phenoxy) is 1. The first kappa shape index (κ1) is 21.1. The fourth-order valence-corrected chi connectivity index (χ4v) is 4.85. The smallest absolute Gasteiger partial charge is 0.243 e. The van der Waals surface area contributed by atoms with Gasteiger partial charge in [-0.2, -0.15) is 4.31 Å². The van der Waals surface area contributed by atoms with Crippen LogP contribution in [0.25, 0.3) is 0 Å². The number of morpholine rings is 1. The highest BCUT2D eigenvalue weighted by Gasteiger charge is 2.27. The number of carbonyl (C=O) groups is 1. The Kier molecular flexibility index (Phi) is 6.62. The molecule has 0 unspecified atom stereocenters. The van der Waals surface area contributed by atoms with Crippen molar-refractivity contribution in [1.29, 1.82) is 0 Å². The first-order valence-electron chi connectivity index (χ1n) is 8.70. The normalized spacial score (nSPS) is 15.4. The van der Waals surface area contributed by atoms with E-state index >= 15 is 0 Å². The highest BCUT2D eigenvalue weighted by molar-refractivity contribution is 7.89. The van der Waals surface area contributed by atoms with Crippen LogP contribution in [0, 0.1) is 6.92 Å². The summed E-state index contributed by atoms with van der Waals surface area (Å²) < 4.78 is 32.3. The minimum Gasteiger partial charge on any atom is -0.379 e. The molecule has 0 saturated carbocycles. The fraction of sp³-hybridized carbons (Fsp3) is 0.316. The molecular formula is C19H20Cl2N2O4S. The molecule has 1 saturated heterocycles. The van der Waals surface area contributed by atoms with Crippen LogP contribution in [0.4, 0.5) is 5.69 Å². The second-order valence-corrected chi connectivity index (χ2v) is 9.17. The lowest BCUT2D eigenvalue weighted by molar-refractivity contribution is -0.115. The Morgan fingerprint density at radius 1 is 1.14 bits per heavy atom. The molecule has 2 aromatic carbocycles. The van der Waals surface area contributed by atoms with Crippen LogP contribution in [0.1, 0.15) is 11.1 Å². The predicted molar refractivity (Wildman–Crippen MR) is 110 cm³/mol. The van der Waals surface area contributed by atoms with Crippen molar-refractivity contribution in [3.05, 3.63) is 57.6 Å². The lowest BCUT2D eigenvalue weighted by Crippen LogP contribution is -2.40. The molecule has 9 heteroatoms. The van der Waals surface area contributed by atoms with Gasteiger partial charge < -0.3 is 10.1 Å². The number of nitrogens with one attached hydrogen (secondary N) is 1. The topological polar surface area (TPSA) is 75.7 Å². The standard InChI is InChI=1S/C19H20Cl2N2O4S/c1-13-5-6-14(28(25,26)23-7-9-27-10-8-23)11-18(13)22-19(24)12-15-16(20)3-2-4-17(15)21/h2-6,11H,7-10,12H2,1H3,(H,22,24). The summed E-state index contributed by atoms with van der Waals surface area (Å²) in [6.45, 7) is 3.15. The Morgan fingerprint density at radius 2 is 1.79 bits per heavy atom. The van der Waals surface area contributed by atoms with Gasteiger partial charge in [0.2, 0.25) is 15.9 Å². The van der Waals surface area contributed by atoms with Gasteiger partial charge >= 0.3 is 0 Å². The van der Waals surface area contributed by atoms with Crippen LogP contribution in [-0.4, -0.2) is 44.9 Å². The number of benzene rings is 2. The number of anilines is 1. The van der Waals surface area contributed by atoms with Gasteiger partial charge in [0.15, 0.2) is 0 Å². The molecule has 150 valence electrons. The van der Waals surface area contributed by atoms with E-state index < -0.39 is 10.0 Å². The summed E-state index contributed by atoms with van der Waals surface area (Å²) in [5.74, 6) is -0.334. The van der Waals surface area contributed by atoms with Gasteiger partial charge in [0.25, 0.3) is 0 Å². The number of sulfonamides is 1.